The standard InChI is InChI=1S/C14H16O5/c1-9(15)7-10(16)3-2-4-13(18)12-6-5-11(17)8-14(12)19/h2-3,5-9,15-17,19H,4H2,1H3/b3-2-,10-7+. The average Bonchev–Trinajstić information content (AvgIpc) is 2.27. The predicted molar refractivity (Wildman–Crippen MR) is 70.3 cm³/mol. The molecule has 0 fully saturated rings. The Balaban J connectivity index is 2.68. The summed E-state index contributed by atoms with van der Waals surface area (Å²) in [6.45, 7) is 1.49. The number of aliphatic hydroxyl groups excluding tert-OH is 2. The molecular formula is C14H16O5. The number of hydrogen-bond acceptors (Lipinski definition) is 5. The number of rotatable bonds is 5. The second-order valence-electron chi connectivity index (χ2n) is 4.06. The van der Waals surface area contributed by atoms with Gasteiger partial charge in [-0.05, 0) is 31.2 Å². The van der Waals surface area contributed by atoms with Gasteiger partial charge in [-0.1, -0.05) is 6.08 Å². The molecule has 5 heteroatoms. The van der Waals surface area contributed by atoms with E-state index in [4.69, 9.17) is 10.2 Å². The molecule has 1 aromatic rings. The predicted octanol–water partition coefficient (Wildman–Crippen LogP) is 2.05. The monoisotopic (exact) mass is 264 g/mol. The minimum atomic E-state index is -0.776. The first-order chi connectivity index (χ1) is 8.90. The maximum atomic E-state index is 11.7. The molecule has 0 amide bonds. The van der Waals surface area contributed by atoms with E-state index in [2.05, 4.69) is 0 Å². The van der Waals surface area contributed by atoms with Crippen molar-refractivity contribution in [2.75, 3.05) is 0 Å². The molecule has 4 N–H and O–H groups in total. The second-order valence-corrected chi connectivity index (χ2v) is 4.06. The van der Waals surface area contributed by atoms with Gasteiger partial charge in [-0.15, -0.1) is 0 Å². The van der Waals surface area contributed by atoms with E-state index < -0.39 is 6.10 Å². The van der Waals surface area contributed by atoms with Crippen molar-refractivity contribution in [2.45, 2.75) is 19.4 Å². The van der Waals surface area contributed by atoms with Crippen molar-refractivity contribution in [3.63, 3.8) is 0 Å². The highest BCUT2D eigenvalue weighted by Crippen LogP contribution is 2.23. The van der Waals surface area contributed by atoms with E-state index in [0.717, 1.165) is 6.07 Å². The average molecular weight is 264 g/mol. The Morgan fingerprint density at radius 3 is 2.63 bits per heavy atom. The van der Waals surface area contributed by atoms with Gasteiger partial charge in [0.25, 0.3) is 0 Å². The first-order valence-electron chi connectivity index (χ1n) is 5.70. The summed E-state index contributed by atoms with van der Waals surface area (Å²) in [5.74, 6) is -0.902. The van der Waals surface area contributed by atoms with Crippen LogP contribution >= 0.6 is 0 Å². The zero-order chi connectivity index (χ0) is 14.4. The number of Topliss-reactive ketones (excluding diaryl/α,β-unsaturated/α-hetero) is 1. The SMILES string of the molecule is CC(O)/C=C(O)\C=C/CC(=O)c1ccc(O)cc1O. The minimum absolute atomic E-state index is 0.0178. The van der Waals surface area contributed by atoms with Crippen molar-refractivity contribution >= 4 is 5.78 Å². The topological polar surface area (TPSA) is 98.0 Å². The zero-order valence-electron chi connectivity index (χ0n) is 10.4. The number of phenolic OH excluding ortho intramolecular Hbond substituents is 2. The van der Waals surface area contributed by atoms with Crippen LogP contribution in [0.3, 0.4) is 0 Å². The molecule has 0 spiro atoms. The van der Waals surface area contributed by atoms with Gasteiger partial charge in [0, 0.05) is 12.5 Å². The number of hydrogen-bond donors (Lipinski definition) is 4. The summed E-state index contributed by atoms with van der Waals surface area (Å²) in [4.78, 5) is 11.7. The Morgan fingerprint density at radius 1 is 1.37 bits per heavy atom. The second kappa shape index (κ2) is 6.61. The fraction of sp³-hybridized carbons (Fsp3) is 0.214. The molecular weight excluding hydrogens is 248 g/mol. The van der Waals surface area contributed by atoms with Crippen molar-refractivity contribution in [2.24, 2.45) is 0 Å². The van der Waals surface area contributed by atoms with Crippen LogP contribution < -0.4 is 0 Å². The van der Waals surface area contributed by atoms with Gasteiger partial charge in [-0.2, -0.15) is 0 Å². The fourth-order valence-electron chi connectivity index (χ4n) is 1.46. The zero-order valence-corrected chi connectivity index (χ0v) is 10.4. The molecule has 0 aliphatic heterocycles. The number of allylic oxidation sites excluding steroid dienone is 2. The van der Waals surface area contributed by atoms with E-state index in [0.29, 0.717) is 0 Å². The third-order valence-corrected chi connectivity index (χ3v) is 2.29. The first kappa shape index (κ1) is 14.8. The number of carbonyl (C=O) groups is 1. The van der Waals surface area contributed by atoms with Crippen LogP contribution in [0.25, 0.3) is 0 Å². The quantitative estimate of drug-likeness (QED) is 0.370. The highest BCUT2D eigenvalue weighted by atomic mass is 16.3. The summed E-state index contributed by atoms with van der Waals surface area (Å²) in [7, 11) is 0. The molecule has 0 bridgehead atoms. The molecule has 19 heavy (non-hydrogen) atoms. The van der Waals surface area contributed by atoms with Crippen molar-refractivity contribution < 1.29 is 25.2 Å². The molecule has 5 nitrogen and oxygen atoms in total. The van der Waals surface area contributed by atoms with Crippen LogP contribution in [0.4, 0.5) is 0 Å². The lowest BCUT2D eigenvalue weighted by Crippen LogP contribution is -1.98. The number of aliphatic hydroxyl groups is 2. The van der Waals surface area contributed by atoms with E-state index >= 15 is 0 Å². The molecule has 102 valence electrons. The smallest absolute Gasteiger partial charge is 0.170 e. The molecule has 0 aliphatic rings. The Hall–Kier alpha value is -2.27. The molecule has 0 radical (unpaired) electrons. The van der Waals surface area contributed by atoms with Crippen LogP contribution in [-0.4, -0.2) is 32.3 Å². The van der Waals surface area contributed by atoms with Gasteiger partial charge < -0.3 is 20.4 Å². The molecule has 1 rings (SSSR count). The van der Waals surface area contributed by atoms with Gasteiger partial charge in [-0.25, -0.2) is 0 Å². The molecule has 0 aliphatic carbocycles. The Morgan fingerprint density at radius 2 is 2.05 bits per heavy atom. The summed E-state index contributed by atoms with van der Waals surface area (Å²) in [6, 6.07) is 3.72. The summed E-state index contributed by atoms with van der Waals surface area (Å²) in [5, 5.41) is 36.9. The highest BCUT2D eigenvalue weighted by Gasteiger charge is 2.09. The molecule has 1 aromatic carbocycles. The first-order valence-corrected chi connectivity index (χ1v) is 5.70. The van der Waals surface area contributed by atoms with Gasteiger partial charge in [0.05, 0.1) is 11.7 Å². The number of ketones is 1. The molecule has 1 atom stereocenters. The molecule has 0 saturated carbocycles. The van der Waals surface area contributed by atoms with Gasteiger partial charge in [0.2, 0.25) is 0 Å². The van der Waals surface area contributed by atoms with Crippen LogP contribution in [0.1, 0.15) is 23.7 Å². The van der Waals surface area contributed by atoms with Crippen molar-refractivity contribution in [1.82, 2.24) is 0 Å². The van der Waals surface area contributed by atoms with Gasteiger partial charge in [0.1, 0.15) is 17.3 Å². The summed E-state index contributed by atoms with van der Waals surface area (Å²) in [5.41, 5.74) is 0.0986. The Labute approximate surface area is 110 Å². The van der Waals surface area contributed by atoms with Crippen LogP contribution in [-0.2, 0) is 0 Å². The summed E-state index contributed by atoms with van der Waals surface area (Å²) >= 11 is 0. The fourth-order valence-corrected chi connectivity index (χ4v) is 1.46. The van der Waals surface area contributed by atoms with E-state index in [1.54, 1.807) is 0 Å². The lowest BCUT2D eigenvalue weighted by molar-refractivity contribution is 0.0993. The third-order valence-electron chi connectivity index (χ3n) is 2.29. The maximum absolute atomic E-state index is 11.7. The number of phenols is 2. The van der Waals surface area contributed by atoms with Crippen LogP contribution in [0.5, 0.6) is 11.5 Å². The van der Waals surface area contributed by atoms with E-state index in [1.165, 1.54) is 37.3 Å². The van der Waals surface area contributed by atoms with Crippen LogP contribution in [0.2, 0.25) is 0 Å². The molecule has 1 unspecified atom stereocenters. The van der Waals surface area contributed by atoms with Gasteiger partial charge in [-0.3, -0.25) is 4.79 Å². The number of aromatic hydroxyl groups is 2. The third kappa shape index (κ3) is 4.85. The van der Waals surface area contributed by atoms with E-state index in [9.17, 15) is 15.0 Å². The van der Waals surface area contributed by atoms with Crippen molar-refractivity contribution in [1.29, 1.82) is 0 Å². The highest BCUT2D eigenvalue weighted by molar-refractivity contribution is 5.99. The minimum Gasteiger partial charge on any atom is -0.508 e. The number of carbonyl (C=O) groups excluding carboxylic acids is 1. The lowest BCUT2D eigenvalue weighted by atomic mass is 10.1. The Kier molecular flexibility index (Phi) is 5.14. The molecule has 0 heterocycles. The summed E-state index contributed by atoms with van der Waals surface area (Å²) < 4.78 is 0. The van der Waals surface area contributed by atoms with Gasteiger partial charge in [0.15, 0.2) is 5.78 Å². The molecule has 0 saturated heterocycles. The van der Waals surface area contributed by atoms with Crippen molar-refractivity contribution in [3.05, 3.63) is 47.7 Å². The number of benzene rings is 1. The van der Waals surface area contributed by atoms with Crippen LogP contribution in [0, 0.1) is 0 Å². The maximum Gasteiger partial charge on any atom is 0.170 e. The molecule has 0 aromatic heterocycles. The van der Waals surface area contributed by atoms with Crippen molar-refractivity contribution in [3.8, 4) is 11.5 Å². The van der Waals surface area contributed by atoms with Gasteiger partial charge >= 0.3 is 0 Å². The van der Waals surface area contributed by atoms with Crippen LogP contribution in [0.15, 0.2) is 42.2 Å². The summed E-state index contributed by atoms with van der Waals surface area (Å²) in [6.07, 6.45) is 3.14. The van der Waals surface area contributed by atoms with E-state index in [-0.39, 0.29) is 35.0 Å². The van der Waals surface area contributed by atoms with E-state index in [1.807, 2.05) is 0 Å². The lowest BCUT2D eigenvalue weighted by Gasteiger charge is -2.02. The normalized spacial score (nSPS) is 13.7. The largest absolute Gasteiger partial charge is 0.508 e. The Bertz CT molecular complexity index is 515.